The Morgan fingerprint density at radius 2 is 1.93 bits per heavy atom. The van der Waals surface area contributed by atoms with Crippen LogP contribution in [0.3, 0.4) is 0 Å². The molecule has 1 aromatic carbocycles. The van der Waals surface area contributed by atoms with E-state index in [-0.39, 0.29) is 6.03 Å². The second kappa shape index (κ2) is 8.49. The van der Waals surface area contributed by atoms with Crippen LogP contribution in [-0.2, 0) is 13.1 Å². The molecule has 1 aliphatic heterocycles. The molecular formula is C19H23N7OS. The number of urea groups is 1. The van der Waals surface area contributed by atoms with Gasteiger partial charge in [-0.2, -0.15) is 4.68 Å². The number of piperazine rings is 1. The number of nitrogens with zero attached hydrogens (tertiary/aromatic N) is 6. The number of carbonyl (C=O) groups excluding carboxylic acids is 1. The molecule has 0 atom stereocenters. The number of nitrogens with one attached hydrogen (secondary N) is 1. The van der Waals surface area contributed by atoms with Gasteiger partial charge < -0.3 is 10.2 Å². The highest BCUT2D eigenvalue weighted by Crippen LogP contribution is 2.13. The highest BCUT2D eigenvalue weighted by Gasteiger charge is 2.22. The summed E-state index contributed by atoms with van der Waals surface area (Å²) in [6.45, 7) is 6.29. The second-order valence-electron chi connectivity index (χ2n) is 6.84. The number of hydrogen-bond donors (Lipinski definition) is 1. The summed E-state index contributed by atoms with van der Waals surface area (Å²) < 4.78 is 1.78. The lowest BCUT2D eigenvalue weighted by Crippen LogP contribution is -2.51. The molecule has 2 aromatic heterocycles. The number of tetrazole rings is 1. The number of aromatic nitrogens is 4. The van der Waals surface area contributed by atoms with E-state index in [4.69, 9.17) is 0 Å². The van der Waals surface area contributed by atoms with Crippen molar-refractivity contribution in [2.45, 2.75) is 20.0 Å². The maximum absolute atomic E-state index is 12.3. The van der Waals surface area contributed by atoms with E-state index in [9.17, 15) is 4.79 Å². The molecule has 2 amide bonds. The lowest BCUT2D eigenvalue weighted by molar-refractivity contribution is 0.133. The van der Waals surface area contributed by atoms with Crippen molar-refractivity contribution in [3.8, 4) is 5.69 Å². The van der Waals surface area contributed by atoms with Gasteiger partial charge in [-0.15, -0.1) is 16.4 Å². The molecule has 0 bridgehead atoms. The number of benzene rings is 1. The molecule has 28 heavy (non-hydrogen) atoms. The average molecular weight is 398 g/mol. The van der Waals surface area contributed by atoms with Crippen molar-refractivity contribution >= 4 is 17.4 Å². The molecule has 1 fully saturated rings. The maximum atomic E-state index is 12.3. The van der Waals surface area contributed by atoms with Crippen LogP contribution in [0.25, 0.3) is 5.69 Å². The highest BCUT2D eigenvalue weighted by atomic mass is 32.1. The zero-order valence-corrected chi connectivity index (χ0v) is 16.6. The van der Waals surface area contributed by atoms with Gasteiger partial charge in [-0.3, -0.25) is 4.90 Å². The Labute approximate surface area is 167 Å². The van der Waals surface area contributed by atoms with Crippen LogP contribution in [0.2, 0.25) is 0 Å². The quantitative estimate of drug-likeness (QED) is 0.713. The molecule has 1 aliphatic rings. The predicted molar refractivity (Wildman–Crippen MR) is 107 cm³/mol. The second-order valence-corrected chi connectivity index (χ2v) is 7.88. The number of amides is 2. The molecule has 8 nitrogen and oxygen atoms in total. The fourth-order valence-corrected chi connectivity index (χ4v) is 3.83. The van der Waals surface area contributed by atoms with E-state index in [0.717, 1.165) is 29.5 Å². The minimum absolute atomic E-state index is 0.00228. The fourth-order valence-electron chi connectivity index (χ4n) is 3.19. The van der Waals surface area contributed by atoms with E-state index in [0.29, 0.717) is 26.2 Å². The van der Waals surface area contributed by atoms with Gasteiger partial charge in [-0.1, -0.05) is 23.8 Å². The molecule has 0 aliphatic carbocycles. The van der Waals surface area contributed by atoms with Crippen LogP contribution in [0.5, 0.6) is 0 Å². The van der Waals surface area contributed by atoms with E-state index < -0.39 is 0 Å². The van der Waals surface area contributed by atoms with E-state index in [1.807, 2.05) is 46.7 Å². The lowest BCUT2D eigenvalue weighted by atomic mass is 10.2. The number of rotatable bonds is 5. The SMILES string of the molecule is Cc1ccc(-n2nnnc2CN2CCN(C(=O)NCc3cccs3)CC2)cc1. The maximum Gasteiger partial charge on any atom is 0.317 e. The Bertz CT molecular complexity index is 899. The highest BCUT2D eigenvalue weighted by molar-refractivity contribution is 7.09. The van der Waals surface area contributed by atoms with Crippen LogP contribution in [0.4, 0.5) is 4.79 Å². The van der Waals surface area contributed by atoms with Crippen LogP contribution in [0.15, 0.2) is 41.8 Å². The minimum atomic E-state index is -0.00228. The van der Waals surface area contributed by atoms with Crippen LogP contribution in [0, 0.1) is 6.92 Å². The molecule has 1 saturated heterocycles. The molecule has 3 aromatic rings. The van der Waals surface area contributed by atoms with Crippen molar-refractivity contribution in [1.82, 2.24) is 35.3 Å². The fraction of sp³-hybridized carbons (Fsp3) is 0.368. The summed E-state index contributed by atoms with van der Waals surface area (Å²) in [5, 5.41) is 17.2. The molecular weight excluding hydrogens is 374 g/mol. The summed E-state index contributed by atoms with van der Waals surface area (Å²) in [6.07, 6.45) is 0. The van der Waals surface area contributed by atoms with Gasteiger partial charge in [0.1, 0.15) is 0 Å². The van der Waals surface area contributed by atoms with Crippen molar-refractivity contribution in [2.24, 2.45) is 0 Å². The number of thiophene rings is 1. The molecule has 4 rings (SSSR count). The van der Waals surface area contributed by atoms with Gasteiger partial charge in [-0.25, -0.2) is 4.79 Å². The van der Waals surface area contributed by atoms with Crippen LogP contribution >= 0.6 is 11.3 Å². The summed E-state index contributed by atoms with van der Waals surface area (Å²) in [4.78, 5) is 17.7. The molecule has 3 heterocycles. The predicted octanol–water partition coefficient (Wildman–Crippen LogP) is 2.06. The van der Waals surface area contributed by atoms with Gasteiger partial charge >= 0.3 is 6.03 Å². The van der Waals surface area contributed by atoms with Crippen molar-refractivity contribution in [2.75, 3.05) is 26.2 Å². The normalized spacial score (nSPS) is 15.0. The number of hydrogen-bond acceptors (Lipinski definition) is 6. The zero-order chi connectivity index (χ0) is 19.3. The summed E-state index contributed by atoms with van der Waals surface area (Å²) in [7, 11) is 0. The summed E-state index contributed by atoms with van der Waals surface area (Å²) in [5.41, 5.74) is 2.16. The average Bonchev–Trinajstić information content (AvgIpc) is 3.39. The van der Waals surface area contributed by atoms with Crippen molar-refractivity contribution in [3.63, 3.8) is 0 Å². The van der Waals surface area contributed by atoms with Crippen molar-refractivity contribution in [1.29, 1.82) is 0 Å². The first kappa shape index (κ1) is 18.6. The molecule has 0 spiro atoms. The monoisotopic (exact) mass is 397 g/mol. The number of aryl methyl sites for hydroxylation is 1. The topological polar surface area (TPSA) is 79.2 Å². The molecule has 1 N–H and O–H groups in total. The van der Waals surface area contributed by atoms with Gasteiger partial charge in [0.25, 0.3) is 0 Å². The Morgan fingerprint density at radius 1 is 1.14 bits per heavy atom. The van der Waals surface area contributed by atoms with Crippen molar-refractivity contribution in [3.05, 3.63) is 58.0 Å². The largest absolute Gasteiger partial charge is 0.333 e. The summed E-state index contributed by atoms with van der Waals surface area (Å²) in [6, 6.07) is 12.2. The van der Waals surface area contributed by atoms with E-state index in [2.05, 4.69) is 32.7 Å². The van der Waals surface area contributed by atoms with Gasteiger partial charge in [0.2, 0.25) is 0 Å². The Hall–Kier alpha value is -2.78. The Kier molecular flexibility index (Phi) is 5.63. The zero-order valence-electron chi connectivity index (χ0n) is 15.8. The van der Waals surface area contributed by atoms with Gasteiger partial charge in [0.05, 0.1) is 18.8 Å². The smallest absolute Gasteiger partial charge is 0.317 e. The summed E-state index contributed by atoms with van der Waals surface area (Å²) in [5.74, 6) is 0.805. The van der Waals surface area contributed by atoms with Crippen LogP contribution in [0.1, 0.15) is 16.3 Å². The molecule has 0 radical (unpaired) electrons. The third-order valence-corrected chi connectivity index (χ3v) is 5.71. The Morgan fingerprint density at radius 3 is 2.64 bits per heavy atom. The van der Waals surface area contributed by atoms with Crippen molar-refractivity contribution < 1.29 is 4.79 Å². The van der Waals surface area contributed by atoms with Crippen LogP contribution in [-0.4, -0.2) is 62.2 Å². The van der Waals surface area contributed by atoms with Gasteiger partial charge in [0, 0.05) is 31.1 Å². The van der Waals surface area contributed by atoms with Crippen LogP contribution < -0.4 is 5.32 Å². The third kappa shape index (κ3) is 4.37. The first-order chi connectivity index (χ1) is 13.7. The number of carbonyl (C=O) groups is 1. The van der Waals surface area contributed by atoms with E-state index in [1.54, 1.807) is 16.0 Å². The first-order valence-electron chi connectivity index (χ1n) is 9.31. The Balaban J connectivity index is 1.30. The van der Waals surface area contributed by atoms with Gasteiger partial charge in [0.15, 0.2) is 5.82 Å². The molecule has 0 saturated carbocycles. The third-order valence-electron chi connectivity index (χ3n) is 4.83. The first-order valence-corrected chi connectivity index (χ1v) is 10.2. The molecule has 146 valence electrons. The molecule has 0 unspecified atom stereocenters. The lowest BCUT2D eigenvalue weighted by Gasteiger charge is -2.34. The standard InChI is InChI=1S/C19H23N7OS/c1-15-4-6-16(7-5-15)26-18(21-22-23-26)14-24-8-10-25(11-9-24)19(27)20-13-17-3-2-12-28-17/h2-7,12H,8-11,13-14H2,1H3,(H,20,27). The summed E-state index contributed by atoms with van der Waals surface area (Å²) >= 11 is 1.65. The van der Waals surface area contributed by atoms with Gasteiger partial charge in [-0.05, 0) is 40.9 Å². The molecule has 9 heteroatoms. The van der Waals surface area contributed by atoms with E-state index in [1.165, 1.54) is 5.56 Å². The minimum Gasteiger partial charge on any atom is -0.333 e. The van der Waals surface area contributed by atoms with E-state index >= 15 is 0 Å².